The molecule has 1 fully saturated rings. The summed E-state index contributed by atoms with van der Waals surface area (Å²) in [7, 11) is 3.74. The van der Waals surface area contributed by atoms with E-state index in [4.69, 9.17) is 5.73 Å². The molecule has 1 unspecified atom stereocenters. The molecule has 6 nitrogen and oxygen atoms in total. The van der Waals surface area contributed by atoms with E-state index in [1.807, 2.05) is 14.1 Å². The summed E-state index contributed by atoms with van der Waals surface area (Å²) in [6.45, 7) is 2.83. The van der Waals surface area contributed by atoms with Gasteiger partial charge in [-0.1, -0.05) is 13.3 Å². The summed E-state index contributed by atoms with van der Waals surface area (Å²) in [5.41, 5.74) is 7.83. The summed E-state index contributed by atoms with van der Waals surface area (Å²) in [6.07, 6.45) is 3.36. The van der Waals surface area contributed by atoms with Gasteiger partial charge in [-0.25, -0.2) is 0 Å². The molecule has 19 heavy (non-hydrogen) atoms. The lowest BCUT2D eigenvalue weighted by molar-refractivity contribution is -0.132. The Bertz CT molecular complexity index is 468. The van der Waals surface area contributed by atoms with Crippen LogP contribution in [-0.2, 0) is 18.3 Å². The van der Waals surface area contributed by atoms with Gasteiger partial charge in [-0.05, 0) is 12.8 Å². The lowest BCUT2D eigenvalue weighted by Gasteiger charge is -2.30. The van der Waals surface area contributed by atoms with Crippen molar-refractivity contribution in [1.82, 2.24) is 14.7 Å². The van der Waals surface area contributed by atoms with Crippen LogP contribution in [0.15, 0.2) is 0 Å². The molecule has 1 aromatic heterocycles. The lowest BCUT2D eigenvalue weighted by Crippen LogP contribution is -2.43. The van der Waals surface area contributed by atoms with E-state index in [0.29, 0.717) is 13.0 Å². The van der Waals surface area contributed by atoms with Gasteiger partial charge in [0.2, 0.25) is 5.91 Å². The van der Waals surface area contributed by atoms with Gasteiger partial charge in [0.25, 0.3) is 0 Å². The van der Waals surface area contributed by atoms with E-state index in [9.17, 15) is 4.79 Å². The minimum Gasteiger partial charge on any atom is -0.394 e. The molecule has 0 spiro atoms. The summed E-state index contributed by atoms with van der Waals surface area (Å²) in [5.74, 6) is 1.08. The number of nitrogens with zero attached hydrogens (tertiary/aromatic N) is 3. The van der Waals surface area contributed by atoms with Crippen LogP contribution in [0.4, 0.5) is 11.5 Å². The van der Waals surface area contributed by atoms with Crippen LogP contribution >= 0.6 is 0 Å². The number of nitrogens with one attached hydrogen (secondary N) is 1. The van der Waals surface area contributed by atoms with Gasteiger partial charge in [0.15, 0.2) is 0 Å². The Morgan fingerprint density at radius 2 is 2.21 bits per heavy atom. The summed E-state index contributed by atoms with van der Waals surface area (Å²) < 4.78 is 1.80. The van der Waals surface area contributed by atoms with Crippen molar-refractivity contribution in [1.29, 1.82) is 0 Å². The lowest BCUT2D eigenvalue weighted by atomic mass is 10.1. The largest absolute Gasteiger partial charge is 0.394 e. The summed E-state index contributed by atoms with van der Waals surface area (Å²) >= 11 is 0. The van der Waals surface area contributed by atoms with E-state index in [-0.39, 0.29) is 11.9 Å². The topological polar surface area (TPSA) is 76.2 Å². The highest BCUT2D eigenvalue weighted by atomic mass is 16.2. The third-order valence-electron chi connectivity index (χ3n) is 3.61. The van der Waals surface area contributed by atoms with E-state index >= 15 is 0 Å². The Hall–Kier alpha value is -1.72. The predicted molar refractivity (Wildman–Crippen MR) is 75.9 cm³/mol. The van der Waals surface area contributed by atoms with Crippen molar-refractivity contribution in [3.63, 3.8) is 0 Å². The molecule has 0 aromatic carbocycles. The SMILES string of the molecule is CCCc1nn(C)c(NC2CCC(=O)N(C)C2)c1N. The highest BCUT2D eigenvalue weighted by Crippen LogP contribution is 2.25. The number of anilines is 2. The minimum absolute atomic E-state index is 0.211. The second-order valence-electron chi connectivity index (χ2n) is 5.24. The van der Waals surface area contributed by atoms with Crippen LogP contribution in [-0.4, -0.2) is 40.2 Å². The fourth-order valence-corrected chi connectivity index (χ4v) is 2.51. The maximum Gasteiger partial charge on any atom is 0.222 e. The molecule has 1 aliphatic heterocycles. The van der Waals surface area contributed by atoms with E-state index in [1.165, 1.54) is 0 Å². The Balaban J connectivity index is 2.09. The number of aryl methyl sites for hydroxylation is 2. The molecule has 0 aliphatic carbocycles. The summed E-state index contributed by atoms with van der Waals surface area (Å²) in [4.78, 5) is 13.2. The highest BCUT2D eigenvalue weighted by molar-refractivity contribution is 5.77. The molecule has 6 heteroatoms. The van der Waals surface area contributed by atoms with Gasteiger partial charge in [-0.3, -0.25) is 9.48 Å². The molecule has 1 amide bonds. The molecular weight excluding hydrogens is 242 g/mol. The van der Waals surface area contributed by atoms with Crippen molar-refractivity contribution in [2.45, 2.75) is 38.6 Å². The molecule has 1 atom stereocenters. The molecule has 1 aromatic rings. The minimum atomic E-state index is 0.211. The van der Waals surface area contributed by atoms with Crippen LogP contribution in [0.5, 0.6) is 0 Å². The molecular formula is C13H23N5O. The van der Waals surface area contributed by atoms with Crippen molar-refractivity contribution in [2.75, 3.05) is 24.6 Å². The second-order valence-corrected chi connectivity index (χ2v) is 5.24. The smallest absolute Gasteiger partial charge is 0.222 e. The maximum absolute atomic E-state index is 11.5. The van der Waals surface area contributed by atoms with Crippen molar-refractivity contribution >= 4 is 17.4 Å². The molecule has 1 saturated heterocycles. The van der Waals surface area contributed by atoms with E-state index < -0.39 is 0 Å². The van der Waals surface area contributed by atoms with Gasteiger partial charge in [0, 0.05) is 33.1 Å². The average molecular weight is 265 g/mol. The third kappa shape index (κ3) is 2.83. The number of piperidine rings is 1. The van der Waals surface area contributed by atoms with Crippen LogP contribution < -0.4 is 11.1 Å². The van der Waals surface area contributed by atoms with Gasteiger partial charge in [-0.2, -0.15) is 5.10 Å². The first-order valence-corrected chi connectivity index (χ1v) is 6.84. The monoisotopic (exact) mass is 265 g/mol. The quantitative estimate of drug-likeness (QED) is 0.851. The van der Waals surface area contributed by atoms with Crippen LogP contribution in [0.25, 0.3) is 0 Å². The number of amides is 1. The zero-order chi connectivity index (χ0) is 14.0. The number of hydrogen-bond donors (Lipinski definition) is 2. The second kappa shape index (κ2) is 5.50. The van der Waals surface area contributed by atoms with Crippen molar-refractivity contribution in [3.05, 3.63) is 5.69 Å². The molecule has 3 N–H and O–H groups in total. The van der Waals surface area contributed by atoms with E-state index in [0.717, 1.165) is 36.5 Å². The Morgan fingerprint density at radius 1 is 1.47 bits per heavy atom. The van der Waals surface area contributed by atoms with Crippen LogP contribution in [0, 0.1) is 0 Å². The van der Waals surface area contributed by atoms with Crippen molar-refractivity contribution in [3.8, 4) is 0 Å². The molecule has 1 aliphatic rings. The molecule has 2 heterocycles. The van der Waals surface area contributed by atoms with Crippen molar-refractivity contribution in [2.24, 2.45) is 7.05 Å². The van der Waals surface area contributed by atoms with E-state index in [1.54, 1.807) is 9.58 Å². The molecule has 0 bridgehead atoms. The fraction of sp³-hybridized carbons (Fsp3) is 0.692. The summed E-state index contributed by atoms with van der Waals surface area (Å²) in [5, 5.41) is 7.88. The van der Waals surface area contributed by atoms with Crippen LogP contribution in [0.3, 0.4) is 0 Å². The van der Waals surface area contributed by atoms with Gasteiger partial charge in [-0.15, -0.1) is 0 Å². The highest BCUT2D eigenvalue weighted by Gasteiger charge is 2.24. The van der Waals surface area contributed by atoms with Crippen LogP contribution in [0.1, 0.15) is 31.9 Å². The number of nitrogen functional groups attached to an aromatic ring is 1. The first-order valence-electron chi connectivity index (χ1n) is 6.84. The Kier molecular flexibility index (Phi) is 3.97. The Morgan fingerprint density at radius 3 is 2.84 bits per heavy atom. The molecule has 2 rings (SSSR count). The standard InChI is InChI=1S/C13H23N5O/c1-4-5-10-12(14)13(18(3)16-10)15-9-6-7-11(19)17(2)8-9/h9,15H,4-8,14H2,1-3H3. The summed E-state index contributed by atoms with van der Waals surface area (Å²) in [6, 6.07) is 0.245. The van der Waals surface area contributed by atoms with Crippen LogP contribution in [0.2, 0.25) is 0 Å². The van der Waals surface area contributed by atoms with Crippen molar-refractivity contribution < 1.29 is 4.79 Å². The Labute approximate surface area is 113 Å². The number of carbonyl (C=O) groups excluding carboxylic acids is 1. The molecule has 0 radical (unpaired) electrons. The number of likely N-dealkylation sites (tertiary alicyclic amines) is 1. The molecule has 106 valence electrons. The predicted octanol–water partition coefficient (Wildman–Crippen LogP) is 0.987. The maximum atomic E-state index is 11.5. The average Bonchev–Trinajstić information content (AvgIpc) is 2.62. The fourth-order valence-electron chi connectivity index (χ4n) is 2.51. The number of aromatic nitrogens is 2. The number of nitrogens with two attached hydrogens (primary N) is 1. The normalized spacial score (nSPS) is 19.8. The zero-order valence-corrected chi connectivity index (χ0v) is 11.9. The van der Waals surface area contributed by atoms with Gasteiger partial charge >= 0.3 is 0 Å². The zero-order valence-electron chi connectivity index (χ0n) is 11.9. The third-order valence-corrected chi connectivity index (χ3v) is 3.61. The number of rotatable bonds is 4. The number of hydrogen-bond acceptors (Lipinski definition) is 4. The van der Waals surface area contributed by atoms with Gasteiger partial charge in [0.1, 0.15) is 5.82 Å². The van der Waals surface area contributed by atoms with Gasteiger partial charge < -0.3 is 16.0 Å². The van der Waals surface area contributed by atoms with E-state index in [2.05, 4.69) is 17.3 Å². The first kappa shape index (κ1) is 13.7. The first-order chi connectivity index (χ1) is 9.02. The number of carbonyl (C=O) groups is 1. The number of likely N-dealkylation sites (N-methyl/N-ethyl adjacent to an activating group) is 1. The molecule has 0 saturated carbocycles. The van der Waals surface area contributed by atoms with Gasteiger partial charge in [0.05, 0.1) is 11.4 Å².